The first-order valence-electron chi connectivity index (χ1n) is 6.90. The number of Topliss-reactive ketones (excluding diaryl/α,β-unsaturated/α-hetero) is 1. The monoisotopic (exact) mass is 395 g/mol. The topological polar surface area (TPSA) is 55.4 Å². The number of carbonyl (C=O) groups is 2. The van der Waals surface area contributed by atoms with E-state index >= 15 is 0 Å². The quantitative estimate of drug-likeness (QED) is 0.745. The molecule has 0 fully saturated rings. The van der Waals surface area contributed by atoms with E-state index in [2.05, 4.69) is 21.2 Å². The van der Waals surface area contributed by atoms with E-state index in [-0.39, 0.29) is 11.7 Å². The lowest BCUT2D eigenvalue weighted by Crippen LogP contribution is -2.30. The maximum atomic E-state index is 12.2. The van der Waals surface area contributed by atoms with Crippen molar-refractivity contribution in [2.45, 2.75) is 20.0 Å². The minimum Gasteiger partial charge on any atom is -0.480 e. The highest BCUT2D eigenvalue weighted by molar-refractivity contribution is 9.10. The lowest BCUT2D eigenvalue weighted by molar-refractivity contribution is -0.122. The second-order valence-corrected chi connectivity index (χ2v) is 6.25. The lowest BCUT2D eigenvalue weighted by atomic mass is 10.1. The van der Waals surface area contributed by atoms with Gasteiger partial charge >= 0.3 is 0 Å². The summed E-state index contributed by atoms with van der Waals surface area (Å²) in [5.41, 5.74) is 1.20. The third-order valence-corrected chi connectivity index (χ3v) is 3.98. The van der Waals surface area contributed by atoms with Crippen molar-refractivity contribution >= 4 is 44.9 Å². The van der Waals surface area contributed by atoms with E-state index in [4.69, 9.17) is 16.3 Å². The van der Waals surface area contributed by atoms with Crippen LogP contribution in [-0.4, -0.2) is 17.8 Å². The molecule has 120 valence electrons. The Morgan fingerprint density at radius 3 is 2.39 bits per heavy atom. The van der Waals surface area contributed by atoms with E-state index in [9.17, 15) is 9.59 Å². The molecule has 0 heterocycles. The van der Waals surface area contributed by atoms with E-state index in [1.165, 1.54) is 6.92 Å². The van der Waals surface area contributed by atoms with Crippen LogP contribution in [0.5, 0.6) is 5.75 Å². The van der Waals surface area contributed by atoms with Crippen LogP contribution in [0, 0.1) is 0 Å². The van der Waals surface area contributed by atoms with E-state index in [1.807, 2.05) is 0 Å². The summed E-state index contributed by atoms with van der Waals surface area (Å²) < 4.78 is 6.30. The van der Waals surface area contributed by atoms with E-state index < -0.39 is 6.10 Å². The maximum absolute atomic E-state index is 12.2. The van der Waals surface area contributed by atoms with Crippen LogP contribution in [0.25, 0.3) is 0 Å². The van der Waals surface area contributed by atoms with Crippen molar-refractivity contribution in [2.24, 2.45) is 0 Å². The van der Waals surface area contributed by atoms with Crippen LogP contribution in [0.4, 0.5) is 5.69 Å². The molecular formula is C17H15BrClNO3. The van der Waals surface area contributed by atoms with Gasteiger partial charge in [0.15, 0.2) is 11.9 Å². The van der Waals surface area contributed by atoms with Crippen LogP contribution in [0.15, 0.2) is 46.9 Å². The van der Waals surface area contributed by atoms with Gasteiger partial charge in [0, 0.05) is 16.3 Å². The molecule has 4 nitrogen and oxygen atoms in total. The van der Waals surface area contributed by atoms with Gasteiger partial charge < -0.3 is 10.1 Å². The highest BCUT2D eigenvalue weighted by Crippen LogP contribution is 2.28. The van der Waals surface area contributed by atoms with E-state index in [0.29, 0.717) is 26.5 Å². The highest BCUT2D eigenvalue weighted by atomic mass is 79.9. The fourth-order valence-electron chi connectivity index (χ4n) is 1.85. The highest BCUT2D eigenvalue weighted by Gasteiger charge is 2.16. The molecule has 2 aromatic rings. The summed E-state index contributed by atoms with van der Waals surface area (Å²) in [5.74, 6) is 0.221. The number of carbonyl (C=O) groups excluding carboxylic acids is 2. The first-order valence-corrected chi connectivity index (χ1v) is 8.07. The molecule has 1 N–H and O–H groups in total. The first-order chi connectivity index (χ1) is 10.9. The Morgan fingerprint density at radius 1 is 1.17 bits per heavy atom. The molecule has 0 spiro atoms. The molecule has 23 heavy (non-hydrogen) atoms. The molecule has 0 aliphatic heterocycles. The van der Waals surface area contributed by atoms with Crippen molar-refractivity contribution < 1.29 is 14.3 Å². The van der Waals surface area contributed by atoms with Crippen molar-refractivity contribution in [1.29, 1.82) is 0 Å². The largest absolute Gasteiger partial charge is 0.480 e. The summed E-state index contributed by atoms with van der Waals surface area (Å²) in [6, 6.07) is 11.8. The van der Waals surface area contributed by atoms with Gasteiger partial charge in [-0.05, 0) is 72.2 Å². The molecular weight excluding hydrogens is 382 g/mol. The van der Waals surface area contributed by atoms with Gasteiger partial charge in [-0.1, -0.05) is 11.6 Å². The van der Waals surface area contributed by atoms with Gasteiger partial charge in [-0.25, -0.2) is 0 Å². The minimum absolute atomic E-state index is 0.0211. The van der Waals surface area contributed by atoms with Crippen molar-refractivity contribution in [3.63, 3.8) is 0 Å². The molecule has 0 saturated carbocycles. The first kappa shape index (κ1) is 17.5. The maximum Gasteiger partial charge on any atom is 0.265 e. The molecule has 0 bridgehead atoms. The molecule has 1 amide bonds. The Hall–Kier alpha value is -1.85. The van der Waals surface area contributed by atoms with Gasteiger partial charge in [0.2, 0.25) is 0 Å². The predicted molar refractivity (Wildman–Crippen MR) is 94.3 cm³/mol. The fourth-order valence-corrected chi connectivity index (χ4v) is 2.62. The van der Waals surface area contributed by atoms with Crippen LogP contribution in [0.3, 0.4) is 0 Å². The predicted octanol–water partition coefficient (Wildman–Crippen LogP) is 4.71. The summed E-state index contributed by atoms with van der Waals surface area (Å²) in [6.45, 7) is 3.15. The molecule has 0 aromatic heterocycles. The van der Waals surface area contributed by atoms with Gasteiger partial charge in [0.1, 0.15) is 5.75 Å². The Morgan fingerprint density at radius 2 is 1.83 bits per heavy atom. The fraction of sp³-hybridized carbons (Fsp3) is 0.176. The molecule has 6 heteroatoms. The standard InChI is InChI=1S/C17H15BrClNO3/c1-10(21)12-3-6-14(7-4-12)20-17(22)11(2)23-16-8-5-13(19)9-15(16)18/h3-9,11H,1-2H3,(H,20,22). The number of ether oxygens (including phenoxy) is 1. The number of hydrogen-bond acceptors (Lipinski definition) is 3. The molecule has 1 atom stereocenters. The Bertz CT molecular complexity index is 731. The van der Waals surface area contributed by atoms with Crippen molar-refractivity contribution in [2.75, 3.05) is 5.32 Å². The number of amides is 1. The summed E-state index contributed by atoms with van der Waals surface area (Å²) >= 11 is 9.21. The van der Waals surface area contributed by atoms with Crippen molar-refractivity contribution in [1.82, 2.24) is 0 Å². The molecule has 0 aliphatic carbocycles. The van der Waals surface area contributed by atoms with Gasteiger partial charge in [-0.15, -0.1) is 0 Å². The number of rotatable bonds is 5. The number of hydrogen-bond donors (Lipinski definition) is 1. The number of ketones is 1. The Kier molecular flexibility index (Phi) is 5.80. The molecule has 2 aromatic carbocycles. The van der Waals surface area contributed by atoms with Gasteiger partial charge in [-0.2, -0.15) is 0 Å². The number of benzene rings is 2. The normalized spacial score (nSPS) is 11.7. The van der Waals surface area contributed by atoms with Crippen LogP contribution >= 0.6 is 27.5 Å². The molecule has 0 aliphatic rings. The molecule has 1 unspecified atom stereocenters. The molecule has 2 rings (SSSR count). The second-order valence-electron chi connectivity index (χ2n) is 4.96. The van der Waals surface area contributed by atoms with Crippen LogP contribution in [0.2, 0.25) is 5.02 Å². The van der Waals surface area contributed by atoms with E-state index in [1.54, 1.807) is 49.4 Å². The zero-order valence-electron chi connectivity index (χ0n) is 12.6. The third kappa shape index (κ3) is 4.81. The van der Waals surface area contributed by atoms with Crippen LogP contribution < -0.4 is 10.1 Å². The SMILES string of the molecule is CC(=O)c1ccc(NC(=O)C(C)Oc2ccc(Cl)cc2Br)cc1. The Balaban J connectivity index is 2.00. The minimum atomic E-state index is -0.694. The summed E-state index contributed by atoms with van der Waals surface area (Å²) in [6.07, 6.45) is -0.694. The number of halogens is 2. The smallest absolute Gasteiger partial charge is 0.265 e. The summed E-state index contributed by atoms with van der Waals surface area (Å²) in [4.78, 5) is 23.4. The van der Waals surface area contributed by atoms with Gasteiger partial charge in [0.05, 0.1) is 4.47 Å². The van der Waals surface area contributed by atoms with Crippen LogP contribution in [0.1, 0.15) is 24.2 Å². The third-order valence-electron chi connectivity index (χ3n) is 3.13. The van der Waals surface area contributed by atoms with E-state index in [0.717, 1.165) is 0 Å². The summed E-state index contributed by atoms with van der Waals surface area (Å²) in [7, 11) is 0. The van der Waals surface area contributed by atoms with Crippen LogP contribution in [-0.2, 0) is 4.79 Å². The van der Waals surface area contributed by atoms with Crippen molar-refractivity contribution in [3.8, 4) is 5.75 Å². The zero-order chi connectivity index (χ0) is 17.0. The number of nitrogens with one attached hydrogen (secondary N) is 1. The Labute approximate surface area is 147 Å². The van der Waals surface area contributed by atoms with Gasteiger partial charge in [-0.3, -0.25) is 9.59 Å². The zero-order valence-corrected chi connectivity index (χ0v) is 14.9. The van der Waals surface area contributed by atoms with Crippen molar-refractivity contribution in [3.05, 3.63) is 57.5 Å². The number of anilines is 1. The lowest BCUT2D eigenvalue weighted by Gasteiger charge is -2.16. The molecule has 0 radical (unpaired) electrons. The average Bonchev–Trinajstić information content (AvgIpc) is 2.50. The van der Waals surface area contributed by atoms with Gasteiger partial charge in [0.25, 0.3) is 5.91 Å². The summed E-state index contributed by atoms with van der Waals surface area (Å²) in [5, 5.41) is 3.32. The molecule has 0 saturated heterocycles. The second kappa shape index (κ2) is 7.62. The average molecular weight is 397 g/mol.